The van der Waals surface area contributed by atoms with Crippen LogP contribution in [0.25, 0.3) is 0 Å². The van der Waals surface area contributed by atoms with Gasteiger partial charge in [0.05, 0.1) is 0 Å². The Morgan fingerprint density at radius 2 is 2.10 bits per heavy atom. The van der Waals surface area contributed by atoms with Gasteiger partial charge in [-0.2, -0.15) is 0 Å². The lowest BCUT2D eigenvalue weighted by atomic mass is 9.67. The molecule has 3 nitrogen and oxygen atoms in total. The SMILES string of the molecule is O=C(C1CC1)N1CCC2(c3cccc(O)c3)CCCC2C1. The minimum absolute atomic E-state index is 0.194. The van der Waals surface area contributed by atoms with Gasteiger partial charge < -0.3 is 10.0 Å². The first kappa shape index (κ1) is 13.2. The lowest BCUT2D eigenvalue weighted by Crippen LogP contribution is -2.49. The summed E-state index contributed by atoms with van der Waals surface area (Å²) in [6.07, 6.45) is 6.90. The Hall–Kier alpha value is -1.51. The summed E-state index contributed by atoms with van der Waals surface area (Å²) in [5.74, 6) is 1.66. The minimum atomic E-state index is 0.194. The predicted octanol–water partition coefficient (Wildman–Crippen LogP) is 3.07. The van der Waals surface area contributed by atoms with Crippen molar-refractivity contribution in [1.29, 1.82) is 0 Å². The topological polar surface area (TPSA) is 40.5 Å². The maximum absolute atomic E-state index is 12.3. The molecule has 1 aromatic rings. The maximum atomic E-state index is 12.3. The number of rotatable bonds is 2. The number of fused-ring (bicyclic) bond motifs is 1. The number of benzene rings is 1. The lowest BCUT2D eigenvalue weighted by Gasteiger charge is -2.45. The van der Waals surface area contributed by atoms with Crippen molar-refractivity contribution in [3.05, 3.63) is 29.8 Å². The number of piperidine rings is 1. The summed E-state index contributed by atoms with van der Waals surface area (Å²) in [6.45, 7) is 1.81. The van der Waals surface area contributed by atoms with Gasteiger partial charge in [0, 0.05) is 24.4 Å². The van der Waals surface area contributed by atoms with Crippen LogP contribution in [0.15, 0.2) is 24.3 Å². The van der Waals surface area contributed by atoms with Crippen LogP contribution in [0, 0.1) is 11.8 Å². The Labute approximate surface area is 126 Å². The number of phenols is 1. The number of amides is 1. The van der Waals surface area contributed by atoms with E-state index in [0.717, 1.165) is 32.4 Å². The van der Waals surface area contributed by atoms with Crippen molar-refractivity contribution < 1.29 is 9.90 Å². The molecule has 2 unspecified atom stereocenters. The van der Waals surface area contributed by atoms with Crippen LogP contribution in [0.3, 0.4) is 0 Å². The second-order valence-corrected chi connectivity index (χ2v) is 7.10. The van der Waals surface area contributed by atoms with Gasteiger partial charge in [0.2, 0.25) is 5.91 Å². The number of aromatic hydroxyl groups is 1. The third kappa shape index (κ3) is 2.14. The van der Waals surface area contributed by atoms with Crippen LogP contribution in [0.4, 0.5) is 0 Å². The molecule has 1 heterocycles. The molecule has 1 saturated heterocycles. The number of hydrogen-bond donors (Lipinski definition) is 1. The van der Waals surface area contributed by atoms with Crippen LogP contribution in [-0.2, 0) is 10.2 Å². The van der Waals surface area contributed by atoms with Gasteiger partial charge in [-0.05, 0) is 55.7 Å². The molecule has 1 N–H and O–H groups in total. The van der Waals surface area contributed by atoms with Gasteiger partial charge >= 0.3 is 0 Å². The smallest absolute Gasteiger partial charge is 0.225 e. The summed E-state index contributed by atoms with van der Waals surface area (Å²) >= 11 is 0. The molecule has 112 valence electrons. The van der Waals surface area contributed by atoms with E-state index in [1.807, 2.05) is 12.1 Å². The normalized spacial score (nSPS) is 32.0. The van der Waals surface area contributed by atoms with Crippen molar-refractivity contribution >= 4 is 5.91 Å². The zero-order chi connectivity index (χ0) is 14.4. The number of carbonyl (C=O) groups is 1. The Bertz CT molecular complexity index is 566. The molecule has 2 atom stereocenters. The standard InChI is InChI=1S/C18H23NO2/c20-16-5-1-3-14(11-16)18-8-2-4-15(18)12-19(10-9-18)17(21)13-6-7-13/h1,3,5,11,13,15,20H,2,4,6-10,12H2. The van der Waals surface area contributed by atoms with E-state index in [1.165, 1.54) is 24.8 Å². The number of nitrogens with zero attached hydrogens (tertiary/aromatic N) is 1. The van der Waals surface area contributed by atoms with E-state index in [0.29, 0.717) is 23.5 Å². The van der Waals surface area contributed by atoms with E-state index in [4.69, 9.17) is 0 Å². The molecule has 0 spiro atoms. The molecular weight excluding hydrogens is 262 g/mol. The summed E-state index contributed by atoms with van der Waals surface area (Å²) < 4.78 is 0. The van der Waals surface area contributed by atoms with E-state index >= 15 is 0 Å². The largest absolute Gasteiger partial charge is 0.508 e. The van der Waals surface area contributed by atoms with Crippen LogP contribution >= 0.6 is 0 Å². The summed E-state index contributed by atoms with van der Waals surface area (Å²) in [5.41, 5.74) is 1.47. The number of likely N-dealkylation sites (tertiary alicyclic amines) is 1. The highest BCUT2D eigenvalue weighted by Crippen LogP contribution is 2.51. The second-order valence-electron chi connectivity index (χ2n) is 7.10. The first-order valence-electron chi connectivity index (χ1n) is 8.27. The Kier molecular flexibility index (Phi) is 2.98. The molecule has 2 aliphatic carbocycles. The first-order valence-corrected chi connectivity index (χ1v) is 8.27. The molecular formula is C18H23NO2. The zero-order valence-electron chi connectivity index (χ0n) is 12.4. The molecule has 0 aromatic heterocycles. The van der Waals surface area contributed by atoms with Crippen LogP contribution in [0.1, 0.15) is 44.1 Å². The molecule has 1 amide bonds. The molecule has 0 radical (unpaired) electrons. The van der Waals surface area contributed by atoms with E-state index < -0.39 is 0 Å². The molecule has 1 aromatic carbocycles. The lowest BCUT2D eigenvalue weighted by molar-refractivity contribution is -0.135. The van der Waals surface area contributed by atoms with Crippen LogP contribution in [0.2, 0.25) is 0 Å². The summed E-state index contributed by atoms with van der Waals surface area (Å²) in [4.78, 5) is 14.4. The fourth-order valence-electron chi connectivity index (χ4n) is 4.56. The third-order valence-corrected chi connectivity index (χ3v) is 5.88. The van der Waals surface area contributed by atoms with Crippen molar-refractivity contribution in [1.82, 2.24) is 4.90 Å². The van der Waals surface area contributed by atoms with Crippen molar-refractivity contribution in [2.45, 2.75) is 43.9 Å². The fraction of sp³-hybridized carbons (Fsp3) is 0.611. The van der Waals surface area contributed by atoms with Gasteiger partial charge in [-0.3, -0.25) is 4.79 Å². The van der Waals surface area contributed by atoms with Gasteiger partial charge in [-0.15, -0.1) is 0 Å². The van der Waals surface area contributed by atoms with Gasteiger partial charge in [0.25, 0.3) is 0 Å². The molecule has 1 aliphatic heterocycles. The van der Waals surface area contributed by atoms with Crippen LogP contribution in [-0.4, -0.2) is 29.0 Å². The van der Waals surface area contributed by atoms with E-state index in [-0.39, 0.29) is 5.41 Å². The van der Waals surface area contributed by atoms with Crippen molar-refractivity contribution in [2.75, 3.05) is 13.1 Å². The number of hydrogen-bond acceptors (Lipinski definition) is 2. The number of carbonyl (C=O) groups excluding carboxylic acids is 1. The Morgan fingerprint density at radius 1 is 1.24 bits per heavy atom. The van der Waals surface area contributed by atoms with Crippen molar-refractivity contribution in [3.63, 3.8) is 0 Å². The second kappa shape index (κ2) is 4.75. The van der Waals surface area contributed by atoms with Crippen LogP contribution < -0.4 is 0 Å². The first-order chi connectivity index (χ1) is 10.2. The van der Waals surface area contributed by atoms with Gasteiger partial charge in [0.1, 0.15) is 5.75 Å². The average Bonchev–Trinajstić information content (AvgIpc) is 3.25. The molecule has 3 heteroatoms. The van der Waals surface area contributed by atoms with E-state index in [9.17, 15) is 9.90 Å². The van der Waals surface area contributed by atoms with Crippen LogP contribution in [0.5, 0.6) is 5.75 Å². The summed E-state index contributed by atoms with van der Waals surface area (Å²) in [7, 11) is 0. The average molecular weight is 285 g/mol. The molecule has 4 rings (SSSR count). The van der Waals surface area contributed by atoms with Crippen molar-refractivity contribution in [2.24, 2.45) is 11.8 Å². The maximum Gasteiger partial charge on any atom is 0.225 e. The van der Waals surface area contributed by atoms with Gasteiger partial charge in [-0.25, -0.2) is 0 Å². The molecule has 3 aliphatic rings. The quantitative estimate of drug-likeness (QED) is 0.907. The highest BCUT2D eigenvalue weighted by atomic mass is 16.3. The molecule has 0 bridgehead atoms. The molecule has 21 heavy (non-hydrogen) atoms. The Morgan fingerprint density at radius 3 is 2.86 bits per heavy atom. The molecule has 3 fully saturated rings. The monoisotopic (exact) mass is 285 g/mol. The third-order valence-electron chi connectivity index (χ3n) is 5.88. The molecule has 2 saturated carbocycles. The highest BCUT2D eigenvalue weighted by molar-refractivity contribution is 5.81. The van der Waals surface area contributed by atoms with Crippen molar-refractivity contribution in [3.8, 4) is 5.75 Å². The summed E-state index contributed by atoms with van der Waals surface area (Å²) in [6, 6.07) is 7.81. The summed E-state index contributed by atoms with van der Waals surface area (Å²) in [5, 5.41) is 9.82. The minimum Gasteiger partial charge on any atom is -0.508 e. The van der Waals surface area contributed by atoms with Gasteiger partial charge in [-0.1, -0.05) is 18.6 Å². The van der Waals surface area contributed by atoms with Gasteiger partial charge in [0.15, 0.2) is 0 Å². The number of phenolic OH excluding ortho intramolecular Hbond substituents is 1. The van der Waals surface area contributed by atoms with E-state index in [2.05, 4.69) is 11.0 Å². The highest BCUT2D eigenvalue weighted by Gasteiger charge is 2.49. The zero-order valence-corrected chi connectivity index (χ0v) is 12.4. The fourth-order valence-corrected chi connectivity index (χ4v) is 4.56. The van der Waals surface area contributed by atoms with E-state index in [1.54, 1.807) is 6.07 Å². The Balaban J connectivity index is 1.60. The predicted molar refractivity (Wildman–Crippen MR) is 81.0 cm³/mol.